The lowest BCUT2D eigenvalue weighted by atomic mass is 10.2. The van der Waals surface area contributed by atoms with E-state index in [9.17, 15) is 10.1 Å². The molecule has 1 heterocycles. The van der Waals surface area contributed by atoms with Crippen LogP contribution in [0.4, 0.5) is 5.69 Å². The SMILES string of the molecule is CNCc1ccc([N+](=O)[O-])c(OCc2ncccn2)c1. The number of hydrogen-bond donors (Lipinski definition) is 1. The van der Waals surface area contributed by atoms with Crippen LogP contribution in [0.15, 0.2) is 36.7 Å². The van der Waals surface area contributed by atoms with E-state index in [0.29, 0.717) is 12.4 Å². The average molecular weight is 274 g/mol. The number of aromatic nitrogens is 2. The quantitative estimate of drug-likeness (QED) is 0.636. The molecule has 7 heteroatoms. The molecule has 7 nitrogen and oxygen atoms in total. The Kier molecular flexibility index (Phi) is 4.56. The van der Waals surface area contributed by atoms with Gasteiger partial charge < -0.3 is 10.1 Å². The highest BCUT2D eigenvalue weighted by atomic mass is 16.6. The van der Waals surface area contributed by atoms with Crippen molar-refractivity contribution in [3.63, 3.8) is 0 Å². The van der Waals surface area contributed by atoms with Gasteiger partial charge in [-0.1, -0.05) is 6.07 Å². The molecule has 1 aromatic heterocycles. The van der Waals surface area contributed by atoms with Gasteiger partial charge in [0.05, 0.1) is 4.92 Å². The van der Waals surface area contributed by atoms with Crippen molar-refractivity contribution in [2.24, 2.45) is 0 Å². The first-order valence-electron chi connectivity index (χ1n) is 6.01. The summed E-state index contributed by atoms with van der Waals surface area (Å²) in [7, 11) is 1.81. The van der Waals surface area contributed by atoms with Crippen LogP contribution in [0.25, 0.3) is 0 Å². The predicted molar refractivity (Wildman–Crippen MR) is 72.2 cm³/mol. The molecule has 0 radical (unpaired) electrons. The summed E-state index contributed by atoms with van der Waals surface area (Å²) in [5, 5.41) is 14.0. The van der Waals surface area contributed by atoms with Gasteiger partial charge in [0.1, 0.15) is 6.61 Å². The number of nitro groups is 1. The summed E-state index contributed by atoms with van der Waals surface area (Å²) in [6, 6.07) is 6.48. The minimum Gasteiger partial charge on any atom is -0.479 e. The second-order valence-corrected chi connectivity index (χ2v) is 4.04. The first kappa shape index (κ1) is 13.9. The van der Waals surface area contributed by atoms with Crippen molar-refractivity contribution >= 4 is 5.69 Å². The Morgan fingerprint density at radius 1 is 1.35 bits per heavy atom. The van der Waals surface area contributed by atoms with Gasteiger partial charge in [-0.15, -0.1) is 0 Å². The highest BCUT2D eigenvalue weighted by Gasteiger charge is 2.16. The zero-order valence-corrected chi connectivity index (χ0v) is 10.9. The minimum atomic E-state index is -0.468. The van der Waals surface area contributed by atoms with Crippen LogP contribution in [0.5, 0.6) is 5.75 Å². The van der Waals surface area contributed by atoms with Crippen LogP contribution >= 0.6 is 0 Å². The lowest BCUT2D eigenvalue weighted by Gasteiger charge is -2.08. The summed E-state index contributed by atoms with van der Waals surface area (Å²) in [6.07, 6.45) is 3.19. The van der Waals surface area contributed by atoms with E-state index in [2.05, 4.69) is 15.3 Å². The number of nitrogens with zero attached hydrogens (tertiary/aromatic N) is 3. The Morgan fingerprint density at radius 3 is 2.75 bits per heavy atom. The Morgan fingerprint density at radius 2 is 2.10 bits per heavy atom. The fourth-order valence-corrected chi connectivity index (χ4v) is 1.69. The predicted octanol–water partition coefficient (Wildman–Crippen LogP) is 1.68. The molecule has 0 amide bonds. The maximum absolute atomic E-state index is 11.0. The summed E-state index contributed by atoms with van der Waals surface area (Å²) < 4.78 is 5.48. The molecule has 0 aliphatic rings. The van der Waals surface area contributed by atoms with Gasteiger partial charge >= 0.3 is 5.69 Å². The second-order valence-electron chi connectivity index (χ2n) is 4.04. The van der Waals surface area contributed by atoms with Crippen LogP contribution in [0.3, 0.4) is 0 Å². The van der Waals surface area contributed by atoms with Gasteiger partial charge in [-0.3, -0.25) is 10.1 Å². The van der Waals surface area contributed by atoms with E-state index < -0.39 is 4.92 Å². The standard InChI is InChI=1S/C13H14N4O3/c1-14-8-10-3-4-11(17(18)19)12(7-10)20-9-13-15-5-2-6-16-13/h2-7,14H,8-9H2,1H3. The molecule has 0 saturated heterocycles. The van der Waals surface area contributed by atoms with Crippen molar-refractivity contribution in [3.8, 4) is 5.75 Å². The van der Waals surface area contributed by atoms with Crippen molar-refractivity contribution in [1.82, 2.24) is 15.3 Å². The summed E-state index contributed by atoms with van der Waals surface area (Å²) in [5.41, 5.74) is 0.836. The number of nitrogens with one attached hydrogen (secondary N) is 1. The third-order valence-corrected chi connectivity index (χ3v) is 2.58. The van der Waals surface area contributed by atoms with Crippen LogP contribution < -0.4 is 10.1 Å². The number of ether oxygens (including phenoxy) is 1. The van der Waals surface area contributed by atoms with Crippen LogP contribution in [-0.4, -0.2) is 21.9 Å². The Bertz CT molecular complexity index is 589. The van der Waals surface area contributed by atoms with Gasteiger partial charge in [0.15, 0.2) is 11.6 Å². The second kappa shape index (κ2) is 6.58. The van der Waals surface area contributed by atoms with E-state index in [1.807, 2.05) is 0 Å². The molecule has 0 saturated carbocycles. The van der Waals surface area contributed by atoms with Gasteiger partial charge in [-0.2, -0.15) is 0 Å². The third-order valence-electron chi connectivity index (χ3n) is 2.58. The minimum absolute atomic E-state index is 0.0687. The number of hydrogen-bond acceptors (Lipinski definition) is 6. The monoisotopic (exact) mass is 274 g/mol. The Balaban J connectivity index is 2.19. The molecule has 0 unspecified atom stereocenters. The zero-order valence-electron chi connectivity index (χ0n) is 10.9. The molecular weight excluding hydrogens is 260 g/mol. The highest BCUT2D eigenvalue weighted by Crippen LogP contribution is 2.28. The van der Waals surface area contributed by atoms with Crippen molar-refractivity contribution in [3.05, 3.63) is 58.2 Å². The van der Waals surface area contributed by atoms with Crippen molar-refractivity contribution in [2.75, 3.05) is 7.05 Å². The molecule has 0 fully saturated rings. The lowest BCUT2D eigenvalue weighted by molar-refractivity contribution is -0.386. The van der Waals surface area contributed by atoms with E-state index in [-0.39, 0.29) is 18.0 Å². The van der Waals surface area contributed by atoms with Crippen LogP contribution in [0, 0.1) is 10.1 Å². The molecule has 20 heavy (non-hydrogen) atoms. The fraction of sp³-hybridized carbons (Fsp3) is 0.231. The molecule has 1 N–H and O–H groups in total. The van der Waals surface area contributed by atoms with Gasteiger partial charge in [0.2, 0.25) is 0 Å². The van der Waals surface area contributed by atoms with Crippen molar-refractivity contribution < 1.29 is 9.66 Å². The van der Waals surface area contributed by atoms with Crippen LogP contribution in [0.1, 0.15) is 11.4 Å². The summed E-state index contributed by atoms with van der Waals surface area (Å²) in [5.74, 6) is 0.691. The molecule has 0 bridgehead atoms. The third kappa shape index (κ3) is 3.48. The Labute approximate surface area is 115 Å². The molecule has 2 aromatic rings. The molecule has 2 rings (SSSR count). The first-order chi connectivity index (χ1) is 9.70. The number of nitro benzene ring substituents is 1. The maximum atomic E-state index is 11.0. The molecule has 0 aliphatic heterocycles. The number of rotatable bonds is 6. The maximum Gasteiger partial charge on any atom is 0.310 e. The largest absolute Gasteiger partial charge is 0.479 e. The summed E-state index contributed by atoms with van der Waals surface area (Å²) in [4.78, 5) is 18.5. The van der Waals surface area contributed by atoms with E-state index in [1.165, 1.54) is 6.07 Å². The summed E-state index contributed by atoms with van der Waals surface area (Å²) >= 11 is 0. The molecule has 104 valence electrons. The molecular formula is C13H14N4O3. The smallest absolute Gasteiger partial charge is 0.310 e. The molecule has 1 aromatic carbocycles. The fourth-order valence-electron chi connectivity index (χ4n) is 1.69. The van der Waals surface area contributed by atoms with E-state index in [1.54, 1.807) is 37.6 Å². The van der Waals surface area contributed by atoms with Crippen LogP contribution in [-0.2, 0) is 13.2 Å². The van der Waals surface area contributed by atoms with Crippen molar-refractivity contribution in [1.29, 1.82) is 0 Å². The first-order valence-corrected chi connectivity index (χ1v) is 6.01. The molecule has 0 atom stereocenters. The van der Waals surface area contributed by atoms with E-state index in [0.717, 1.165) is 5.56 Å². The topological polar surface area (TPSA) is 90.2 Å². The van der Waals surface area contributed by atoms with Crippen LogP contribution in [0.2, 0.25) is 0 Å². The zero-order chi connectivity index (χ0) is 14.4. The number of benzene rings is 1. The lowest BCUT2D eigenvalue weighted by Crippen LogP contribution is -2.07. The van der Waals surface area contributed by atoms with E-state index in [4.69, 9.17) is 4.74 Å². The molecule has 0 aliphatic carbocycles. The van der Waals surface area contributed by atoms with Gasteiger partial charge in [-0.25, -0.2) is 9.97 Å². The van der Waals surface area contributed by atoms with Crippen molar-refractivity contribution in [2.45, 2.75) is 13.2 Å². The molecule has 0 spiro atoms. The summed E-state index contributed by atoms with van der Waals surface area (Å²) in [6.45, 7) is 0.695. The van der Waals surface area contributed by atoms with Gasteiger partial charge in [-0.05, 0) is 24.7 Å². The van der Waals surface area contributed by atoms with E-state index >= 15 is 0 Å². The Hall–Kier alpha value is -2.54. The highest BCUT2D eigenvalue weighted by molar-refractivity contribution is 5.48. The average Bonchev–Trinajstić information content (AvgIpc) is 2.46. The van der Waals surface area contributed by atoms with Gasteiger partial charge in [0, 0.05) is 25.0 Å². The normalized spacial score (nSPS) is 10.2. The van der Waals surface area contributed by atoms with Gasteiger partial charge in [0.25, 0.3) is 0 Å².